The minimum atomic E-state index is -4.31. The Morgan fingerprint density at radius 2 is 1.66 bits per heavy atom. The van der Waals surface area contributed by atoms with Gasteiger partial charge in [-0.05, 0) is 80.5 Å². The normalized spacial score (nSPS) is 15.5. The molecule has 2 aromatic carbocycles. The molecule has 6 rings (SSSR count). The third kappa shape index (κ3) is 6.11. The molecule has 2 fully saturated rings. The van der Waals surface area contributed by atoms with Gasteiger partial charge in [-0.3, -0.25) is 14.0 Å². The van der Waals surface area contributed by atoms with Crippen LogP contribution >= 0.6 is 0 Å². The Kier molecular flexibility index (Phi) is 7.32. The van der Waals surface area contributed by atoms with Gasteiger partial charge in [0, 0.05) is 41.0 Å². The first-order valence-electron chi connectivity index (χ1n) is 14.5. The third-order valence-corrected chi connectivity index (χ3v) is 8.13. The summed E-state index contributed by atoms with van der Waals surface area (Å²) < 4.78 is 40.8. The van der Waals surface area contributed by atoms with Crippen molar-refractivity contribution in [3.63, 3.8) is 0 Å². The lowest BCUT2D eigenvalue weighted by atomic mass is 9.99. The van der Waals surface area contributed by atoms with Crippen molar-refractivity contribution >= 4 is 23.1 Å². The summed E-state index contributed by atoms with van der Waals surface area (Å²) in [5.74, 6) is -0.430. The van der Waals surface area contributed by atoms with Gasteiger partial charge < -0.3 is 16.0 Å². The number of nitrogens with one attached hydrogen (secondary N) is 3. The summed E-state index contributed by atoms with van der Waals surface area (Å²) in [5, 5.41) is 18.1. The zero-order valence-corrected chi connectivity index (χ0v) is 24.3. The highest BCUT2D eigenvalue weighted by atomic mass is 19.4. The number of benzene rings is 2. The molecule has 2 aromatic heterocycles. The summed E-state index contributed by atoms with van der Waals surface area (Å²) in [4.78, 5) is 30.1. The number of nitriles is 1. The number of carbonyl (C=O) groups is 2. The van der Waals surface area contributed by atoms with Crippen molar-refractivity contribution < 1.29 is 22.8 Å². The van der Waals surface area contributed by atoms with Crippen LogP contribution in [0.5, 0.6) is 0 Å². The van der Waals surface area contributed by atoms with Gasteiger partial charge in [0.2, 0.25) is 0 Å². The molecule has 226 valence electrons. The monoisotopic (exact) mass is 600 g/mol. The highest BCUT2D eigenvalue weighted by Crippen LogP contribution is 2.36. The largest absolute Gasteiger partial charge is 0.390 e. The first-order chi connectivity index (χ1) is 20.9. The van der Waals surface area contributed by atoms with Crippen molar-refractivity contribution in [2.75, 3.05) is 11.9 Å². The Balaban J connectivity index is 1.36. The maximum absolute atomic E-state index is 13.0. The van der Waals surface area contributed by atoms with Crippen LogP contribution in [0.3, 0.4) is 0 Å². The molecular formula is C33H31F3N6O2. The fourth-order valence-electron chi connectivity index (χ4n) is 5.27. The second-order valence-electron chi connectivity index (χ2n) is 11.7. The number of aromatic nitrogens is 2. The second kappa shape index (κ2) is 11.0. The van der Waals surface area contributed by atoms with Gasteiger partial charge in [-0.25, -0.2) is 4.98 Å². The second-order valence-corrected chi connectivity index (χ2v) is 11.7. The van der Waals surface area contributed by atoms with Gasteiger partial charge in [0.25, 0.3) is 11.8 Å². The minimum absolute atomic E-state index is 0.111. The van der Waals surface area contributed by atoms with Gasteiger partial charge in [-0.2, -0.15) is 18.4 Å². The minimum Gasteiger partial charge on any atom is -0.382 e. The maximum Gasteiger partial charge on any atom is 0.390 e. The zero-order chi connectivity index (χ0) is 31.2. The number of alkyl halides is 3. The number of imidazole rings is 1. The molecule has 11 heteroatoms. The molecule has 0 radical (unpaired) electrons. The Morgan fingerprint density at radius 3 is 2.27 bits per heavy atom. The number of carbonyl (C=O) groups excluding carboxylic acids is 2. The van der Waals surface area contributed by atoms with E-state index in [1.807, 2.05) is 35.7 Å². The lowest BCUT2D eigenvalue weighted by Crippen LogP contribution is -2.35. The van der Waals surface area contributed by atoms with Crippen LogP contribution in [0.2, 0.25) is 0 Å². The SMILES string of the molecule is Cc1cc(-c2cnc3c(NCCC(F)(F)F)cc(-c4ccc(C(=O)NC5(C#N)CC5)c(C)c4)cn23)ccc1C(=O)NC1CC1. The van der Waals surface area contributed by atoms with Crippen LogP contribution < -0.4 is 16.0 Å². The third-order valence-electron chi connectivity index (χ3n) is 8.13. The summed E-state index contributed by atoms with van der Waals surface area (Å²) in [7, 11) is 0. The van der Waals surface area contributed by atoms with Crippen molar-refractivity contribution in [1.29, 1.82) is 5.26 Å². The molecule has 0 saturated heterocycles. The highest BCUT2D eigenvalue weighted by molar-refractivity contribution is 5.98. The summed E-state index contributed by atoms with van der Waals surface area (Å²) in [6, 6.07) is 15.0. The molecule has 0 bridgehead atoms. The van der Waals surface area contributed by atoms with E-state index in [4.69, 9.17) is 0 Å². The molecule has 0 atom stereocenters. The predicted octanol–water partition coefficient (Wildman–Crippen LogP) is 6.33. The van der Waals surface area contributed by atoms with Crippen LogP contribution in [0.4, 0.5) is 18.9 Å². The molecule has 0 spiro atoms. The number of aryl methyl sites for hydroxylation is 2. The van der Waals surface area contributed by atoms with Crippen LogP contribution in [0.15, 0.2) is 54.9 Å². The number of anilines is 1. The van der Waals surface area contributed by atoms with E-state index in [1.165, 1.54) is 0 Å². The van der Waals surface area contributed by atoms with Gasteiger partial charge in [0.05, 0.1) is 30.1 Å². The van der Waals surface area contributed by atoms with Gasteiger partial charge in [-0.1, -0.05) is 18.2 Å². The molecule has 44 heavy (non-hydrogen) atoms. The molecular weight excluding hydrogens is 569 g/mol. The molecule has 8 nitrogen and oxygen atoms in total. The number of rotatable bonds is 9. The van der Waals surface area contributed by atoms with Crippen LogP contribution in [-0.4, -0.2) is 45.5 Å². The van der Waals surface area contributed by atoms with Crippen LogP contribution in [0.25, 0.3) is 28.0 Å². The van der Waals surface area contributed by atoms with Crippen molar-refractivity contribution in [2.24, 2.45) is 0 Å². The van der Waals surface area contributed by atoms with Crippen molar-refractivity contribution in [3.05, 3.63) is 77.1 Å². The number of pyridine rings is 1. The summed E-state index contributed by atoms with van der Waals surface area (Å²) >= 11 is 0. The van der Waals surface area contributed by atoms with E-state index in [0.717, 1.165) is 29.5 Å². The van der Waals surface area contributed by atoms with Gasteiger partial charge in [0.15, 0.2) is 5.65 Å². The van der Waals surface area contributed by atoms with Crippen LogP contribution in [0.1, 0.15) is 63.9 Å². The van der Waals surface area contributed by atoms with E-state index < -0.39 is 18.1 Å². The van der Waals surface area contributed by atoms with Crippen molar-refractivity contribution in [3.8, 4) is 28.5 Å². The van der Waals surface area contributed by atoms with E-state index in [9.17, 15) is 28.0 Å². The highest BCUT2D eigenvalue weighted by Gasteiger charge is 2.44. The van der Waals surface area contributed by atoms with E-state index in [1.54, 1.807) is 37.4 Å². The number of amides is 2. The average molecular weight is 601 g/mol. The fourth-order valence-corrected chi connectivity index (χ4v) is 5.27. The Hall–Kier alpha value is -4.85. The number of fused-ring (bicyclic) bond motifs is 1. The molecule has 3 N–H and O–H groups in total. The predicted molar refractivity (Wildman–Crippen MR) is 160 cm³/mol. The Bertz CT molecular complexity index is 1830. The first kappa shape index (κ1) is 29.2. The number of halogens is 3. The van der Waals surface area contributed by atoms with Crippen LogP contribution in [-0.2, 0) is 0 Å². The zero-order valence-electron chi connectivity index (χ0n) is 24.3. The van der Waals surface area contributed by atoms with E-state index in [-0.39, 0.29) is 24.4 Å². The van der Waals surface area contributed by atoms with Gasteiger partial charge >= 0.3 is 6.18 Å². The molecule has 2 amide bonds. The fraction of sp³-hybridized carbons (Fsp3) is 0.333. The molecule has 2 heterocycles. The number of hydrogen-bond acceptors (Lipinski definition) is 5. The first-order valence-corrected chi connectivity index (χ1v) is 14.5. The standard InChI is InChI=1S/C33H31F3N6O2/c1-19-13-21(3-7-26(19)31(44)41-32(18-37)9-10-32)23-15-27(38-12-11-33(34,35)36)29-39-16-28(42(29)17-23)22-4-8-25(20(2)14-22)30(43)40-24-5-6-24/h3-4,7-8,13-17,24,38H,5-6,9-12H2,1-2H3,(H,40,43)(H,41,44). The van der Waals surface area contributed by atoms with Gasteiger partial charge in [-0.15, -0.1) is 0 Å². The van der Waals surface area contributed by atoms with E-state index in [0.29, 0.717) is 52.1 Å². The summed E-state index contributed by atoms with van der Waals surface area (Å²) in [6.45, 7) is 3.34. The number of nitrogens with zero attached hydrogens (tertiary/aromatic N) is 3. The smallest absolute Gasteiger partial charge is 0.382 e. The van der Waals surface area contributed by atoms with Crippen LogP contribution in [0, 0.1) is 25.2 Å². The molecule has 2 aliphatic carbocycles. The van der Waals surface area contributed by atoms with Crippen molar-refractivity contribution in [1.82, 2.24) is 20.0 Å². The molecule has 4 aromatic rings. The summed E-state index contributed by atoms with van der Waals surface area (Å²) in [6.07, 6.45) is 1.43. The average Bonchev–Trinajstić information content (AvgIpc) is 3.90. The topological polar surface area (TPSA) is 111 Å². The molecule has 0 aliphatic heterocycles. The van der Waals surface area contributed by atoms with E-state index in [2.05, 4.69) is 27.0 Å². The number of hydrogen-bond donors (Lipinski definition) is 3. The summed E-state index contributed by atoms with van der Waals surface area (Å²) in [5.41, 5.74) is 5.58. The van der Waals surface area contributed by atoms with E-state index >= 15 is 0 Å². The molecule has 2 aliphatic rings. The quantitative estimate of drug-likeness (QED) is 0.208. The van der Waals surface area contributed by atoms with Crippen molar-refractivity contribution in [2.45, 2.75) is 63.7 Å². The Labute approximate surface area is 252 Å². The molecule has 0 unspecified atom stereocenters. The lowest BCUT2D eigenvalue weighted by molar-refractivity contribution is -0.131. The van der Waals surface area contributed by atoms with Gasteiger partial charge in [0.1, 0.15) is 5.54 Å². The maximum atomic E-state index is 13.0. The lowest BCUT2D eigenvalue weighted by Gasteiger charge is -2.15. The molecule has 2 saturated carbocycles. The Morgan fingerprint density at radius 1 is 1.00 bits per heavy atom.